The number of anilines is 1. The molecule has 1 rings (SSSR count). The van der Waals surface area contributed by atoms with Gasteiger partial charge in [-0.3, -0.25) is 0 Å². The van der Waals surface area contributed by atoms with Gasteiger partial charge in [-0.15, -0.1) is 0 Å². The van der Waals surface area contributed by atoms with Crippen molar-refractivity contribution in [2.45, 2.75) is 52.4 Å². The Balaban J connectivity index is 2.01. The Labute approximate surface area is 100 Å². The van der Waals surface area contributed by atoms with E-state index in [0.29, 0.717) is 0 Å². The summed E-state index contributed by atoms with van der Waals surface area (Å²) in [6.07, 6.45) is 8.17. The minimum absolute atomic E-state index is 1.11. The number of hydrogen-bond donors (Lipinski definition) is 1. The number of hydrogen-bond acceptors (Lipinski definition) is 1. The molecule has 1 heteroatoms. The first-order chi connectivity index (χ1) is 7.83. The maximum absolute atomic E-state index is 3.46. The van der Waals surface area contributed by atoms with Crippen LogP contribution in [-0.4, -0.2) is 6.54 Å². The maximum atomic E-state index is 3.46. The molecule has 0 radical (unpaired) electrons. The van der Waals surface area contributed by atoms with Gasteiger partial charge in [-0.05, 0) is 25.5 Å². The van der Waals surface area contributed by atoms with E-state index in [9.17, 15) is 0 Å². The highest BCUT2D eigenvalue weighted by Gasteiger charge is 1.92. The summed E-state index contributed by atoms with van der Waals surface area (Å²) in [5, 5.41) is 3.46. The van der Waals surface area contributed by atoms with E-state index in [4.69, 9.17) is 0 Å². The van der Waals surface area contributed by atoms with Crippen LogP contribution in [-0.2, 0) is 0 Å². The van der Waals surface area contributed by atoms with E-state index in [0.717, 1.165) is 6.54 Å². The molecule has 0 saturated heterocycles. The molecule has 1 nitrogen and oxygen atoms in total. The molecule has 0 unspecified atom stereocenters. The molecular weight excluding hydrogens is 194 g/mol. The van der Waals surface area contributed by atoms with E-state index in [1.165, 1.54) is 49.8 Å². The van der Waals surface area contributed by atoms with Gasteiger partial charge in [-0.2, -0.15) is 0 Å². The third-order valence-electron chi connectivity index (χ3n) is 2.91. The molecule has 0 saturated carbocycles. The summed E-state index contributed by atoms with van der Waals surface area (Å²) in [7, 11) is 0. The minimum Gasteiger partial charge on any atom is -0.385 e. The Hall–Kier alpha value is -0.980. The summed E-state index contributed by atoms with van der Waals surface area (Å²) in [4.78, 5) is 0. The lowest BCUT2D eigenvalue weighted by Gasteiger charge is -2.06. The second-order valence-corrected chi connectivity index (χ2v) is 4.56. The van der Waals surface area contributed by atoms with Gasteiger partial charge >= 0.3 is 0 Å². The SMILES string of the molecule is CCCCCCCCNc1ccc(C)cc1. The predicted molar refractivity (Wildman–Crippen MR) is 73.0 cm³/mol. The van der Waals surface area contributed by atoms with Gasteiger partial charge in [0, 0.05) is 12.2 Å². The maximum Gasteiger partial charge on any atom is 0.0340 e. The second kappa shape index (κ2) is 8.20. The summed E-state index contributed by atoms with van der Waals surface area (Å²) < 4.78 is 0. The van der Waals surface area contributed by atoms with Crippen molar-refractivity contribution in [1.29, 1.82) is 0 Å². The molecule has 0 atom stereocenters. The first-order valence-corrected chi connectivity index (χ1v) is 6.63. The van der Waals surface area contributed by atoms with Crippen LogP contribution in [0.3, 0.4) is 0 Å². The highest BCUT2D eigenvalue weighted by molar-refractivity contribution is 5.44. The molecule has 0 aliphatic carbocycles. The monoisotopic (exact) mass is 219 g/mol. The Kier molecular flexibility index (Phi) is 6.71. The summed E-state index contributed by atoms with van der Waals surface area (Å²) >= 11 is 0. The van der Waals surface area contributed by atoms with Crippen LogP contribution >= 0.6 is 0 Å². The van der Waals surface area contributed by atoms with E-state index in [2.05, 4.69) is 43.4 Å². The first kappa shape index (κ1) is 13.1. The zero-order valence-electron chi connectivity index (χ0n) is 10.8. The van der Waals surface area contributed by atoms with Crippen LogP contribution in [0.25, 0.3) is 0 Å². The van der Waals surface area contributed by atoms with Gasteiger partial charge in [-0.1, -0.05) is 56.7 Å². The molecule has 0 heterocycles. The number of rotatable bonds is 8. The average molecular weight is 219 g/mol. The fraction of sp³-hybridized carbons (Fsp3) is 0.600. The summed E-state index contributed by atoms with van der Waals surface area (Å²) in [5.74, 6) is 0. The lowest BCUT2D eigenvalue weighted by molar-refractivity contribution is 0.617. The first-order valence-electron chi connectivity index (χ1n) is 6.63. The molecule has 1 N–H and O–H groups in total. The topological polar surface area (TPSA) is 12.0 Å². The molecule has 0 aliphatic rings. The van der Waals surface area contributed by atoms with Crippen molar-refractivity contribution in [2.24, 2.45) is 0 Å². The average Bonchev–Trinajstić information content (AvgIpc) is 2.30. The Morgan fingerprint density at radius 1 is 0.875 bits per heavy atom. The zero-order chi connectivity index (χ0) is 11.6. The fourth-order valence-corrected chi connectivity index (χ4v) is 1.81. The van der Waals surface area contributed by atoms with Gasteiger partial charge in [0.25, 0.3) is 0 Å². The summed E-state index contributed by atoms with van der Waals surface area (Å²) in [6, 6.07) is 8.63. The number of benzene rings is 1. The van der Waals surface area contributed by atoms with Crippen molar-refractivity contribution < 1.29 is 0 Å². The molecule has 1 aromatic carbocycles. The van der Waals surface area contributed by atoms with Crippen molar-refractivity contribution >= 4 is 5.69 Å². The van der Waals surface area contributed by atoms with Crippen molar-refractivity contribution in [3.63, 3.8) is 0 Å². The third-order valence-corrected chi connectivity index (χ3v) is 2.91. The summed E-state index contributed by atoms with van der Waals surface area (Å²) in [6.45, 7) is 5.49. The quantitative estimate of drug-likeness (QED) is 0.621. The van der Waals surface area contributed by atoms with Crippen molar-refractivity contribution in [1.82, 2.24) is 0 Å². The number of aryl methyl sites for hydroxylation is 1. The van der Waals surface area contributed by atoms with Crippen LogP contribution in [0.2, 0.25) is 0 Å². The number of nitrogens with one attached hydrogen (secondary N) is 1. The van der Waals surface area contributed by atoms with E-state index < -0.39 is 0 Å². The lowest BCUT2D eigenvalue weighted by Crippen LogP contribution is -2.01. The zero-order valence-corrected chi connectivity index (χ0v) is 10.8. The molecule has 16 heavy (non-hydrogen) atoms. The van der Waals surface area contributed by atoms with E-state index >= 15 is 0 Å². The van der Waals surface area contributed by atoms with E-state index in [1.807, 2.05) is 0 Å². The van der Waals surface area contributed by atoms with Crippen molar-refractivity contribution in [2.75, 3.05) is 11.9 Å². The standard InChI is InChI=1S/C15H25N/c1-3-4-5-6-7-8-13-16-15-11-9-14(2)10-12-15/h9-12,16H,3-8,13H2,1-2H3. The molecule has 0 aromatic heterocycles. The predicted octanol–water partition coefficient (Wildman–Crippen LogP) is 4.77. The molecule has 0 aliphatic heterocycles. The molecule has 0 amide bonds. The highest BCUT2D eigenvalue weighted by Crippen LogP contribution is 2.09. The van der Waals surface area contributed by atoms with Crippen LogP contribution in [0.4, 0.5) is 5.69 Å². The Morgan fingerprint density at radius 3 is 2.19 bits per heavy atom. The lowest BCUT2D eigenvalue weighted by atomic mass is 10.1. The molecule has 1 aromatic rings. The van der Waals surface area contributed by atoms with Gasteiger partial charge in [0.1, 0.15) is 0 Å². The Bertz CT molecular complexity index is 263. The van der Waals surface area contributed by atoms with Crippen LogP contribution in [0.15, 0.2) is 24.3 Å². The smallest absolute Gasteiger partial charge is 0.0340 e. The Morgan fingerprint density at radius 2 is 1.50 bits per heavy atom. The molecular formula is C15H25N. The van der Waals surface area contributed by atoms with E-state index in [-0.39, 0.29) is 0 Å². The van der Waals surface area contributed by atoms with Crippen LogP contribution in [0.5, 0.6) is 0 Å². The van der Waals surface area contributed by atoms with Gasteiger partial charge in [0.2, 0.25) is 0 Å². The minimum atomic E-state index is 1.11. The van der Waals surface area contributed by atoms with Crippen molar-refractivity contribution in [3.05, 3.63) is 29.8 Å². The molecule has 0 spiro atoms. The molecule has 0 bridgehead atoms. The molecule has 0 fully saturated rings. The van der Waals surface area contributed by atoms with Gasteiger partial charge in [0.15, 0.2) is 0 Å². The van der Waals surface area contributed by atoms with Crippen LogP contribution in [0, 0.1) is 6.92 Å². The summed E-state index contributed by atoms with van der Waals surface area (Å²) in [5.41, 5.74) is 2.57. The van der Waals surface area contributed by atoms with Gasteiger partial charge in [-0.25, -0.2) is 0 Å². The van der Waals surface area contributed by atoms with Crippen LogP contribution in [0.1, 0.15) is 51.0 Å². The molecule has 90 valence electrons. The number of unbranched alkanes of at least 4 members (excludes halogenated alkanes) is 5. The van der Waals surface area contributed by atoms with E-state index in [1.54, 1.807) is 0 Å². The second-order valence-electron chi connectivity index (χ2n) is 4.56. The van der Waals surface area contributed by atoms with Crippen molar-refractivity contribution in [3.8, 4) is 0 Å². The van der Waals surface area contributed by atoms with Gasteiger partial charge in [0.05, 0.1) is 0 Å². The fourth-order valence-electron chi connectivity index (χ4n) is 1.81. The van der Waals surface area contributed by atoms with Gasteiger partial charge < -0.3 is 5.32 Å². The largest absolute Gasteiger partial charge is 0.385 e. The normalized spacial score (nSPS) is 10.4. The third kappa shape index (κ3) is 5.79. The highest BCUT2D eigenvalue weighted by atomic mass is 14.9. The van der Waals surface area contributed by atoms with Crippen LogP contribution < -0.4 is 5.32 Å².